The summed E-state index contributed by atoms with van der Waals surface area (Å²) in [4.78, 5) is 4.74. The topological polar surface area (TPSA) is 30.3 Å². The van der Waals surface area contributed by atoms with Crippen LogP contribution in [0.4, 0.5) is 5.69 Å². The summed E-state index contributed by atoms with van der Waals surface area (Å²) in [5, 5.41) is 9.01. The van der Waals surface area contributed by atoms with Gasteiger partial charge in [0.15, 0.2) is 0 Å². The highest BCUT2D eigenvalue weighted by molar-refractivity contribution is 9.10. The number of hydrogen-bond acceptors (Lipinski definition) is 3. The Labute approximate surface area is 130 Å². The number of rotatable bonds is 2. The third-order valence-corrected chi connectivity index (χ3v) is 4.74. The maximum atomic E-state index is 9.01. The van der Waals surface area contributed by atoms with Crippen LogP contribution in [0.5, 0.6) is 0 Å². The van der Waals surface area contributed by atoms with Gasteiger partial charge in [-0.15, -0.1) is 0 Å². The van der Waals surface area contributed by atoms with E-state index in [1.807, 2.05) is 0 Å². The number of likely N-dealkylation sites (N-methyl/N-ethyl adjacent to an activating group) is 1. The van der Waals surface area contributed by atoms with Crippen LogP contribution in [0.25, 0.3) is 0 Å². The molecule has 1 unspecified atom stereocenters. The summed E-state index contributed by atoms with van der Waals surface area (Å²) in [7, 11) is 2.12. The molecule has 0 amide bonds. The summed E-state index contributed by atoms with van der Waals surface area (Å²) in [6.07, 6.45) is 0.576. The first-order valence-corrected chi connectivity index (χ1v) is 7.75. The molecule has 1 heterocycles. The highest BCUT2D eigenvalue weighted by atomic mass is 79.9. The highest BCUT2D eigenvalue weighted by Gasteiger charge is 2.37. The van der Waals surface area contributed by atoms with E-state index in [0.29, 0.717) is 12.5 Å². The molecule has 0 aromatic heterocycles. The molecule has 0 bridgehead atoms. The molecule has 1 aromatic carbocycles. The number of halogens is 1. The lowest BCUT2D eigenvalue weighted by atomic mass is 9.94. The lowest BCUT2D eigenvalue weighted by molar-refractivity contribution is 0.153. The smallest absolute Gasteiger partial charge is 0.0638 e. The van der Waals surface area contributed by atoms with Gasteiger partial charge in [0.05, 0.1) is 18.2 Å². The van der Waals surface area contributed by atoms with Gasteiger partial charge < -0.3 is 4.90 Å². The van der Waals surface area contributed by atoms with Gasteiger partial charge in [-0.25, -0.2) is 0 Å². The molecule has 1 atom stereocenters. The number of aryl methyl sites for hydroxylation is 1. The Morgan fingerprint density at radius 2 is 2.15 bits per heavy atom. The van der Waals surface area contributed by atoms with Gasteiger partial charge in [-0.1, -0.05) is 6.07 Å². The highest BCUT2D eigenvalue weighted by Crippen LogP contribution is 2.35. The van der Waals surface area contributed by atoms with E-state index in [1.54, 1.807) is 0 Å². The van der Waals surface area contributed by atoms with Crippen molar-refractivity contribution in [2.45, 2.75) is 38.8 Å². The molecule has 4 heteroatoms. The minimum atomic E-state index is 0.0541. The van der Waals surface area contributed by atoms with Crippen LogP contribution in [0.3, 0.4) is 0 Å². The van der Waals surface area contributed by atoms with Crippen LogP contribution >= 0.6 is 15.9 Å². The zero-order valence-corrected chi connectivity index (χ0v) is 14.2. The van der Waals surface area contributed by atoms with E-state index in [1.165, 1.54) is 11.3 Å². The van der Waals surface area contributed by atoms with E-state index < -0.39 is 0 Å². The molecule has 1 aliphatic heterocycles. The van der Waals surface area contributed by atoms with Crippen molar-refractivity contribution in [3.05, 3.63) is 28.2 Å². The van der Waals surface area contributed by atoms with E-state index >= 15 is 0 Å². The molecule has 0 aliphatic carbocycles. The van der Waals surface area contributed by atoms with E-state index in [9.17, 15) is 0 Å². The fraction of sp³-hybridized carbons (Fsp3) is 0.562. The van der Waals surface area contributed by atoms with Gasteiger partial charge in [-0.2, -0.15) is 5.26 Å². The van der Waals surface area contributed by atoms with Crippen LogP contribution in [-0.4, -0.2) is 36.6 Å². The van der Waals surface area contributed by atoms with Crippen molar-refractivity contribution in [2.24, 2.45) is 0 Å². The average Bonchev–Trinajstić information content (AvgIpc) is 2.33. The Morgan fingerprint density at radius 3 is 2.75 bits per heavy atom. The van der Waals surface area contributed by atoms with Gasteiger partial charge >= 0.3 is 0 Å². The molecule has 0 spiro atoms. The monoisotopic (exact) mass is 335 g/mol. The Balaban J connectivity index is 2.34. The lowest BCUT2D eigenvalue weighted by Gasteiger charge is -2.51. The molecular weight excluding hydrogens is 314 g/mol. The predicted octanol–water partition coefficient (Wildman–Crippen LogP) is 3.57. The van der Waals surface area contributed by atoms with Crippen molar-refractivity contribution in [2.75, 3.05) is 25.0 Å². The van der Waals surface area contributed by atoms with Crippen LogP contribution in [0, 0.1) is 18.3 Å². The van der Waals surface area contributed by atoms with Gasteiger partial charge in [0, 0.05) is 29.1 Å². The number of piperazine rings is 1. The molecule has 108 valence electrons. The Morgan fingerprint density at radius 1 is 1.45 bits per heavy atom. The summed E-state index contributed by atoms with van der Waals surface area (Å²) in [6.45, 7) is 8.47. The Bertz CT molecular complexity index is 533. The standard InChI is InChI=1S/C16H22BrN3/c1-12-5-6-15(14(17)9-12)20-10-13(7-8-18)19(4)11-16(20,2)3/h5-6,9,13H,7,10-11H2,1-4H3. The van der Waals surface area contributed by atoms with Gasteiger partial charge in [0.25, 0.3) is 0 Å². The predicted molar refractivity (Wildman–Crippen MR) is 87.0 cm³/mol. The van der Waals surface area contributed by atoms with Crippen LogP contribution in [0.2, 0.25) is 0 Å². The number of anilines is 1. The molecule has 1 fully saturated rings. The number of benzene rings is 1. The van der Waals surface area contributed by atoms with Crippen molar-refractivity contribution in [3.63, 3.8) is 0 Å². The zero-order valence-electron chi connectivity index (χ0n) is 12.7. The minimum absolute atomic E-state index is 0.0541. The first-order chi connectivity index (χ1) is 9.35. The molecule has 0 radical (unpaired) electrons. The third kappa shape index (κ3) is 2.99. The second kappa shape index (κ2) is 5.75. The Kier molecular flexibility index (Phi) is 4.41. The molecular formula is C16H22BrN3. The van der Waals surface area contributed by atoms with E-state index in [0.717, 1.165) is 17.6 Å². The number of nitriles is 1. The Hall–Kier alpha value is -1.05. The van der Waals surface area contributed by atoms with E-state index in [2.05, 4.69) is 77.8 Å². The second-order valence-corrected chi connectivity index (χ2v) is 7.16. The normalized spacial score (nSPS) is 22.6. The lowest BCUT2D eigenvalue weighted by Crippen LogP contribution is -2.62. The molecule has 0 N–H and O–H groups in total. The first-order valence-electron chi connectivity index (χ1n) is 6.96. The zero-order chi connectivity index (χ0) is 14.9. The van der Waals surface area contributed by atoms with Crippen molar-refractivity contribution in [1.29, 1.82) is 5.26 Å². The maximum Gasteiger partial charge on any atom is 0.0638 e. The van der Waals surface area contributed by atoms with Crippen LogP contribution in [-0.2, 0) is 0 Å². The summed E-state index contributed by atoms with van der Waals surface area (Å²) in [5.41, 5.74) is 2.52. The fourth-order valence-corrected chi connectivity index (χ4v) is 3.71. The molecule has 3 nitrogen and oxygen atoms in total. The van der Waals surface area contributed by atoms with E-state index in [4.69, 9.17) is 5.26 Å². The number of nitrogens with zero attached hydrogens (tertiary/aromatic N) is 3. The first kappa shape index (κ1) is 15.3. The molecule has 20 heavy (non-hydrogen) atoms. The maximum absolute atomic E-state index is 9.01. The second-order valence-electron chi connectivity index (χ2n) is 6.31. The van der Waals surface area contributed by atoms with Crippen LogP contribution in [0.15, 0.2) is 22.7 Å². The van der Waals surface area contributed by atoms with Gasteiger partial charge in [0.1, 0.15) is 0 Å². The summed E-state index contributed by atoms with van der Waals surface area (Å²) < 4.78 is 1.13. The van der Waals surface area contributed by atoms with Crippen molar-refractivity contribution in [1.82, 2.24) is 4.90 Å². The quantitative estimate of drug-likeness (QED) is 0.827. The van der Waals surface area contributed by atoms with Crippen LogP contribution in [0.1, 0.15) is 25.8 Å². The molecule has 2 rings (SSSR count). The van der Waals surface area contributed by atoms with Crippen molar-refractivity contribution < 1.29 is 0 Å². The van der Waals surface area contributed by atoms with Gasteiger partial charge in [-0.3, -0.25) is 4.90 Å². The third-order valence-electron chi connectivity index (χ3n) is 4.10. The molecule has 0 saturated carbocycles. The van der Waals surface area contributed by atoms with Gasteiger partial charge in [0.2, 0.25) is 0 Å². The van der Waals surface area contributed by atoms with Crippen molar-refractivity contribution >= 4 is 21.6 Å². The molecule has 1 saturated heterocycles. The molecule has 1 aliphatic rings. The largest absolute Gasteiger partial charge is 0.363 e. The number of hydrogen-bond donors (Lipinski definition) is 0. The fourth-order valence-electron chi connectivity index (χ4n) is 3.00. The summed E-state index contributed by atoms with van der Waals surface area (Å²) >= 11 is 3.69. The van der Waals surface area contributed by atoms with E-state index in [-0.39, 0.29) is 5.54 Å². The van der Waals surface area contributed by atoms with Crippen LogP contribution < -0.4 is 4.90 Å². The molecule has 1 aromatic rings. The minimum Gasteiger partial charge on any atom is -0.363 e. The van der Waals surface area contributed by atoms with Crippen molar-refractivity contribution in [3.8, 4) is 6.07 Å². The average molecular weight is 336 g/mol. The summed E-state index contributed by atoms with van der Waals surface area (Å²) in [5.74, 6) is 0. The van der Waals surface area contributed by atoms with Gasteiger partial charge in [-0.05, 0) is 61.4 Å². The SMILES string of the molecule is Cc1ccc(N2CC(CC#N)N(C)CC2(C)C)c(Br)c1. The summed E-state index contributed by atoms with van der Waals surface area (Å²) in [6, 6.07) is 9.08.